The summed E-state index contributed by atoms with van der Waals surface area (Å²) in [6.45, 7) is 2.71. The van der Waals surface area contributed by atoms with Crippen LogP contribution in [-0.4, -0.2) is 17.0 Å². The molecule has 1 aliphatic carbocycles. The summed E-state index contributed by atoms with van der Waals surface area (Å²) in [7, 11) is 0. The third-order valence-corrected chi connectivity index (χ3v) is 4.65. The number of thioether (sulfide) groups is 1. The molecule has 0 aliphatic heterocycles. The molecule has 1 aromatic carbocycles. The van der Waals surface area contributed by atoms with E-state index in [0.717, 1.165) is 18.2 Å². The second kappa shape index (κ2) is 6.53. The molecule has 0 aromatic heterocycles. The lowest BCUT2D eigenvalue weighted by atomic mass is 10.2. The van der Waals surface area contributed by atoms with Gasteiger partial charge in [0.2, 0.25) is 0 Å². The first-order valence-corrected chi connectivity index (χ1v) is 7.54. The third-order valence-electron chi connectivity index (χ3n) is 3.32. The van der Waals surface area contributed by atoms with Crippen LogP contribution >= 0.6 is 11.8 Å². The molecule has 0 heterocycles. The SMILES string of the molecule is CCSC1CCCC1NCc1cc(F)cc(F)c1. The Morgan fingerprint density at radius 3 is 2.61 bits per heavy atom. The second-order valence-corrected chi connectivity index (χ2v) is 6.21. The largest absolute Gasteiger partial charge is 0.309 e. The first-order valence-electron chi connectivity index (χ1n) is 6.49. The van der Waals surface area contributed by atoms with Crippen LogP contribution in [0.2, 0.25) is 0 Å². The number of halogens is 2. The zero-order valence-electron chi connectivity index (χ0n) is 10.6. The van der Waals surface area contributed by atoms with Crippen LogP contribution in [0.3, 0.4) is 0 Å². The van der Waals surface area contributed by atoms with Crippen LogP contribution in [0.4, 0.5) is 8.78 Å². The minimum atomic E-state index is -0.502. The van der Waals surface area contributed by atoms with Gasteiger partial charge in [0.1, 0.15) is 11.6 Å². The van der Waals surface area contributed by atoms with E-state index in [4.69, 9.17) is 0 Å². The lowest BCUT2D eigenvalue weighted by Gasteiger charge is -2.20. The summed E-state index contributed by atoms with van der Waals surface area (Å²) < 4.78 is 26.1. The van der Waals surface area contributed by atoms with Gasteiger partial charge in [-0.3, -0.25) is 0 Å². The first-order chi connectivity index (χ1) is 8.69. The van der Waals surface area contributed by atoms with Gasteiger partial charge in [0.25, 0.3) is 0 Å². The Bertz CT molecular complexity index is 377. The van der Waals surface area contributed by atoms with Crippen LogP contribution in [0.5, 0.6) is 0 Å². The van der Waals surface area contributed by atoms with E-state index in [9.17, 15) is 8.78 Å². The fourth-order valence-electron chi connectivity index (χ4n) is 2.54. The molecule has 2 unspecified atom stereocenters. The van der Waals surface area contributed by atoms with Crippen molar-refractivity contribution in [3.8, 4) is 0 Å². The molecule has 0 radical (unpaired) electrons. The van der Waals surface area contributed by atoms with Crippen molar-refractivity contribution in [3.05, 3.63) is 35.4 Å². The number of rotatable bonds is 5. The molecule has 0 saturated heterocycles. The highest BCUT2D eigenvalue weighted by Gasteiger charge is 2.26. The maximum absolute atomic E-state index is 13.1. The Hall–Kier alpha value is -0.610. The van der Waals surface area contributed by atoms with Crippen LogP contribution < -0.4 is 5.32 Å². The molecule has 1 aliphatic rings. The van der Waals surface area contributed by atoms with E-state index in [1.807, 2.05) is 11.8 Å². The lowest BCUT2D eigenvalue weighted by Crippen LogP contribution is -2.33. The van der Waals surface area contributed by atoms with Gasteiger partial charge in [0.05, 0.1) is 0 Å². The van der Waals surface area contributed by atoms with Crippen LogP contribution in [0.15, 0.2) is 18.2 Å². The first kappa shape index (κ1) is 13.8. The molecule has 1 saturated carbocycles. The minimum absolute atomic E-state index is 0.473. The van der Waals surface area contributed by atoms with Crippen molar-refractivity contribution >= 4 is 11.8 Å². The normalized spacial score (nSPS) is 23.5. The van der Waals surface area contributed by atoms with E-state index < -0.39 is 11.6 Å². The number of hydrogen-bond acceptors (Lipinski definition) is 2. The predicted molar refractivity (Wildman–Crippen MR) is 72.8 cm³/mol. The summed E-state index contributed by atoms with van der Waals surface area (Å²) in [6.07, 6.45) is 3.65. The zero-order chi connectivity index (χ0) is 13.0. The topological polar surface area (TPSA) is 12.0 Å². The molecular formula is C14H19F2NS. The Balaban J connectivity index is 1.90. The monoisotopic (exact) mass is 271 g/mol. The van der Waals surface area contributed by atoms with Crippen LogP contribution in [0.1, 0.15) is 31.7 Å². The number of hydrogen-bond donors (Lipinski definition) is 1. The van der Waals surface area contributed by atoms with Crippen LogP contribution in [-0.2, 0) is 6.54 Å². The molecule has 2 rings (SSSR count). The summed E-state index contributed by atoms with van der Waals surface area (Å²) in [5, 5.41) is 4.08. The summed E-state index contributed by atoms with van der Waals surface area (Å²) in [5.41, 5.74) is 0.680. The Morgan fingerprint density at radius 2 is 1.94 bits per heavy atom. The van der Waals surface area contributed by atoms with E-state index in [1.165, 1.54) is 25.0 Å². The molecule has 1 fully saturated rings. The average Bonchev–Trinajstić information content (AvgIpc) is 2.73. The van der Waals surface area contributed by atoms with E-state index in [2.05, 4.69) is 12.2 Å². The van der Waals surface area contributed by atoms with Gasteiger partial charge < -0.3 is 5.32 Å². The second-order valence-electron chi connectivity index (χ2n) is 4.69. The predicted octanol–water partition coefficient (Wildman–Crippen LogP) is 3.73. The molecule has 1 aromatic rings. The van der Waals surface area contributed by atoms with Crippen molar-refractivity contribution in [1.82, 2.24) is 5.32 Å². The van der Waals surface area contributed by atoms with Crippen molar-refractivity contribution in [3.63, 3.8) is 0 Å². The summed E-state index contributed by atoms with van der Waals surface area (Å²) in [6, 6.07) is 4.18. The molecule has 2 atom stereocenters. The van der Waals surface area contributed by atoms with E-state index >= 15 is 0 Å². The number of nitrogens with one attached hydrogen (secondary N) is 1. The Kier molecular flexibility index (Phi) is 5.01. The summed E-state index contributed by atoms with van der Waals surface area (Å²) >= 11 is 1.98. The van der Waals surface area contributed by atoms with Gasteiger partial charge in [-0.05, 0) is 36.3 Å². The fourth-order valence-corrected chi connectivity index (χ4v) is 3.76. The van der Waals surface area contributed by atoms with Gasteiger partial charge in [0, 0.05) is 23.9 Å². The minimum Gasteiger partial charge on any atom is -0.309 e. The van der Waals surface area contributed by atoms with Crippen LogP contribution in [0, 0.1) is 11.6 Å². The Morgan fingerprint density at radius 1 is 1.22 bits per heavy atom. The third kappa shape index (κ3) is 3.69. The van der Waals surface area contributed by atoms with E-state index in [1.54, 1.807) is 0 Å². The van der Waals surface area contributed by atoms with Crippen molar-refractivity contribution in [2.45, 2.75) is 44.0 Å². The number of benzene rings is 1. The van der Waals surface area contributed by atoms with Gasteiger partial charge in [-0.2, -0.15) is 11.8 Å². The van der Waals surface area contributed by atoms with Crippen molar-refractivity contribution in [1.29, 1.82) is 0 Å². The highest BCUT2D eigenvalue weighted by atomic mass is 32.2. The molecule has 1 N–H and O–H groups in total. The van der Waals surface area contributed by atoms with Gasteiger partial charge in [0.15, 0.2) is 0 Å². The molecule has 0 amide bonds. The average molecular weight is 271 g/mol. The molecule has 18 heavy (non-hydrogen) atoms. The highest BCUT2D eigenvalue weighted by molar-refractivity contribution is 7.99. The quantitative estimate of drug-likeness (QED) is 0.875. The molecule has 4 heteroatoms. The zero-order valence-corrected chi connectivity index (χ0v) is 11.4. The van der Waals surface area contributed by atoms with E-state index in [-0.39, 0.29) is 0 Å². The van der Waals surface area contributed by atoms with Crippen molar-refractivity contribution in [2.75, 3.05) is 5.75 Å². The maximum atomic E-state index is 13.1. The summed E-state index contributed by atoms with van der Waals surface area (Å²) in [5.74, 6) is 0.118. The van der Waals surface area contributed by atoms with Gasteiger partial charge in [-0.15, -0.1) is 0 Å². The Labute approximate surface area is 111 Å². The highest BCUT2D eigenvalue weighted by Crippen LogP contribution is 2.30. The molecule has 1 nitrogen and oxygen atoms in total. The molecule has 0 spiro atoms. The summed E-state index contributed by atoms with van der Waals surface area (Å²) in [4.78, 5) is 0. The van der Waals surface area contributed by atoms with Gasteiger partial charge in [-0.25, -0.2) is 8.78 Å². The molecule has 0 bridgehead atoms. The van der Waals surface area contributed by atoms with Crippen molar-refractivity contribution < 1.29 is 8.78 Å². The standard InChI is InChI=1S/C14H19F2NS/c1-2-18-14-5-3-4-13(14)17-9-10-6-11(15)8-12(16)7-10/h6-8,13-14,17H,2-5,9H2,1H3. The molecule has 100 valence electrons. The molecular weight excluding hydrogens is 252 g/mol. The van der Waals surface area contributed by atoms with Gasteiger partial charge in [-0.1, -0.05) is 13.3 Å². The van der Waals surface area contributed by atoms with Gasteiger partial charge >= 0.3 is 0 Å². The fraction of sp³-hybridized carbons (Fsp3) is 0.571. The lowest BCUT2D eigenvalue weighted by molar-refractivity contribution is 0.524. The smallest absolute Gasteiger partial charge is 0.126 e. The maximum Gasteiger partial charge on any atom is 0.126 e. The van der Waals surface area contributed by atoms with Crippen LogP contribution in [0.25, 0.3) is 0 Å². The van der Waals surface area contributed by atoms with E-state index in [0.29, 0.717) is 23.4 Å². The van der Waals surface area contributed by atoms with Crippen molar-refractivity contribution in [2.24, 2.45) is 0 Å².